The Morgan fingerprint density at radius 2 is 1.58 bits per heavy atom. The Morgan fingerprint density at radius 3 is 1.83 bits per heavy atom. The quantitative estimate of drug-likeness (QED) is 0.597. The summed E-state index contributed by atoms with van der Waals surface area (Å²) < 4.78 is 5.51. The third-order valence-electron chi connectivity index (χ3n) is 2.52. The molecule has 3 rings (SSSR count). The van der Waals surface area contributed by atoms with E-state index in [1.165, 1.54) is 6.42 Å². The maximum Gasteiger partial charge on any atom is 0.0731 e. The lowest BCUT2D eigenvalue weighted by Gasteiger charge is -2.48. The number of ether oxygens (including phenoxy) is 1. The summed E-state index contributed by atoms with van der Waals surface area (Å²) in [5, 5.41) is 0. The van der Waals surface area contributed by atoms with Crippen LogP contribution in [0, 0.1) is 0 Å². The van der Waals surface area contributed by atoms with Crippen molar-refractivity contribution in [3.8, 4) is 0 Å². The minimum absolute atomic E-state index is 0.571. The molecule has 0 N–H and O–H groups in total. The summed E-state index contributed by atoms with van der Waals surface area (Å²) in [6, 6.07) is 0.703. The minimum Gasteiger partial charge on any atom is -0.372 e. The highest BCUT2D eigenvalue weighted by Crippen LogP contribution is 2.28. The van der Waals surface area contributed by atoms with Gasteiger partial charge in [0.05, 0.1) is 12.2 Å². The molecule has 0 aliphatic carbocycles. The first kappa shape index (κ1) is 10.0. The maximum absolute atomic E-state index is 5.51. The molecule has 0 aromatic heterocycles. The van der Waals surface area contributed by atoms with E-state index in [-0.39, 0.29) is 0 Å². The van der Waals surface area contributed by atoms with E-state index < -0.39 is 0 Å². The molecule has 2 atom stereocenters. The lowest BCUT2D eigenvalue weighted by molar-refractivity contribution is -0.185. The fourth-order valence-corrected chi connectivity index (χ4v) is 1.81. The second-order valence-corrected chi connectivity index (χ2v) is 3.66. The lowest BCUT2D eigenvalue weighted by Crippen LogP contribution is -2.58. The van der Waals surface area contributed by atoms with Gasteiger partial charge in [0, 0.05) is 25.6 Å². The summed E-state index contributed by atoms with van der Waals surface area (Å²) in [5.74, 6) is 0. The van der Waals surface area contributed by atoms with Crippen LogP contribution in [0.3, 0.4) is 0 Å². The number of morpholine rings is 1. The smallest absolute Gasteiger partial charge is 0.0731 e. The highest BCUT2D eigenvalue weighted by atomic mass is 16.5. The molecule has 2 nitrogen and oxygen atoms in total. The minimum atomic E-state index is 0.571. The third kappa shape index (κ3) is 1.99. The summed E-state index contributed by atoms with van der Waals surface area (Å²) in [5.41, 5.74) is 0. The number of fused-ring (bicyclic) bond motifs is 2. The zero-order valence-electron chi connectivity index (χ0n) is 8.71. The van der Waals surface area contributed by atoms with Crippen molar-refractivity contribution in [2.75, 3.05) is 13.1 Å². The molecule has 3 saturated heterocycles. The molecule has 72 valence electrons. The number of piperidine rings is 1. The predicted molar refractivity (Wildman–Crippen MR) is 51.3 cm³/mol. The summed E-state index contributed by atoms with van der Waals surface area (Å²) in [4.78, 5) is 2.50. The lowest BCUT2D eigenvalue weighted by atomic mass is 9.98. The zero-order chi connectivity index (χ0) is 9.14. The Hall–Kier alpha value is -0.0800. The van der Waals surface area contributed by atoms with Crippen LogP contribution in [0.25, 0.3) is 0 Å². The van der Waals surface area contributed by atoms with Gasteiger partial charge in [-0.2, -0.15) is 0 Å². The second-order valence-electron chi connectivity index (χ2n) is 3.66. The molecule has 2 bridgehead atoms. The molecule has 3 heterocycles. The monoisotopic (exact) mass is 171 g/mol. The van der Waals surface area contributed by atoms with E-state index in [1.807, 2.05) is 13.8 Å². The molecular formula is C10H21NO. The van der Waals surface area contributed by atoms with Gasteiger partial charge in [0.1, 0.15) is 0 Å². The van der Waals surface area contributed by atoms with E-state index in [4.69, 9.17) is 4.74 Å². The highest BCUT2D eigenvalue weighted by molar-refractivity contribution is 4.89. The number of hydrogen-bond acceptors (Lipinski definition) is 2. The van der Waals surface area contributed by atoms with Gasteiger partial charge in [0.2, 0.25) is 0 Å². The third-order valence-corrected chi connectivity index (χ3v) is 2.52. The zero-order valence-corrected chi connectivity index (χ0v) is 8.71. The molecule has 0 saturated carbocycles. The van der Waals surface area contributed by atoms with Crippen LogP contribution in [0.15, 0.2) is 0 Å². The topological polar surface area (TPSA) is 12.5 Å². The SMILES string of the molecule is CC.CC(C)N1CC2CC(C1)O2. The number of hydrogen-bond donors (Lipinski definition) is 0. The van der Waals surface area contributed by atoms with Crippen LogP contribution in [0.2, 0.25) is 0 Å². The van der Waals surface area contributed by atoms with Gasteiger partial charge in [-0.25, -0.2) is 0 Å². The molecule has 3 fully saturated rings. The molecule has 0 radical (unpaired) electrons. The molecule has 3 aliphatic rings. The molecule has 2 heteroatoms. The molecule has 0 amide bonds. The first-order chi connectivity index (χ1) is 5.75. The Balaban J connectivity index is 0.000000336. The summed E-state index contributed by atoms with van der Waals surface area (Å²) in [7, 11) is 0. The Morgan fingerprint density at radius 1 is 1.17 bits per heavy atom. The van der Waals surface area contributed by atoms with E-state index in [9.17, 15) is 0 Å². The summed E-state index contributed by atoms with van der Waals surface area (Å²) in [6.45, 7) is 10.8. The molecule has 12 heavy (non-hydrogen) atoms. The van der Waals surface area contributed by atoms with Gasteiger partial charge < -0.3 is 4.74 Å². The van der Waals surface area contributed by atoms with Crippen molar-refractivity contribution in [3.63, 3.8) is 0 Å². The molecular weight excluding hydrogens is 150 g/mol. The average molecular weight is 171 g/mol. The molecule has 0 spiro atoms. The second kappa shape index (κ2) is 4.24. The van der Waals surface area contributed by atoms with E-state index in [2.05, 4.69) is 18.7 Å². The van der Waals surface area contributed by atoms with Crippen LogP contribution in [-0.4, -0.2) is 36.2 Å². The van der Waals surface area contributed by atoms with E-state index >= 15 is 0 Å². The fraction of sp³-hybridized carbons (Fsp3) is 1.00. The normalized spacial score (nSPS) is 33.8. The number of rotatable bonds is 1. The van der Waals surface area contributed by atoms with Gasteiger partial charge in [-0.15, -0.1) is 0 Å². The fourth-order valence-electron chi connectivity index (χ4n) is 1.81. The molecule has 2 unspecified atom stereocenters. The van der Waals surface area contributed by atoms with Gasteiger partial charge in [-0.1, -0.05) is 13.8 Å². The van der Waals surface area contributed by atoms with Crippen LogP contribution in [-0.2, 0) is 4.74 Å². The van der Waals surface area contributed by atoms with Crippen molar-refractivity contribution in [2.45, 2.75) is 52.4 Å². The van der Waals surface area contributed by atoms with Gasteiger partial charge in [0.15, 0.2) is 0 Å². The van der Waals surface area contributed by atoms with Crippen molar-refractivity contribution < 1.29 is 4.74 Å². The largest absolute Gasteiger partial charge is 0.372 e. The summed E-state index contributed by atoms with van der Waals surface area (Å²) >= 11 is 0. The van der Waals surface area contributed by atoms with E-state index in [0.29, 0.717) is 18.2 Å². The Labute approximate surface area is 75.9 Å². The first-order valence-corrected chi connectivity index (χ1v) is 5.15. The maximum atomic E-state index is 5.51. The van der Waals surface area contributed by atoms with Crippen molar-refractivity contribution >= 4 is 0 Å². The van der Waals surface area contributed by atoms with Crippen LogP contribution in [0.4, 0.5) is 0 Å². The Kier molecular flexibility index (Phi) is 3.53. The highest BCUT2D eigenvalue weighted by Gasteiger charge is 2.38. The van der Waals surface area contributed by atoms with E-state index in [0.717, 1.165) is 13.1 Å². The van der Waals surface area contributed by atoms with Crippen molar-refractivity contribution in [1.82, 2.24) is 4.90 Å². The van der Waals surface area contributed by atoms with Gasteiger partial charge >= 0.3 is 0 Å². The summed E-state index contributed by atoms with van der Waals surface area (Å²) in [6.07, 6.45) is 2.45. The van der Waals surface area contributed by atoms with Crippen LogP contribution in [0.1, 0.15) is 34.1 Å². The molecule has 0 aromatic carbocycles. The first-order valence-electron chi connectivity index (χ1n) is 5.15. The van der Waals surface area contributed by atoms with Crippen LogP contribution >= 0.6 is 0 Å². The standard InChI is InChI=1S/C8H15NO.C2H6/c1-6(2)9-4-7-3-8(5-9)10-7;1-2/h6-8H,3-5H2,1-2H3;1-2H3. The molecule has 3 aliphatic heterocycles. The van der Waals surface area contributed by atoms with Crippen LogP contribution in [0.5, 0.6) is 0 Å². The van der Waals surface area contributed by atoms with Crippen LogP contribution < -0.4 is 0 Å². The van der Waals surface area contributed by atoms with E-state index in [1.54, 1.807) is 0 Å². The van der Waals surface area contributed by atoms with Gasteiger partial charge in [-0.05, 0) is 13.8 Å². The Bertz CT molecular complexity index is 120. The number of nitrogens with zero attached hydrogens (tertiary/aromatic N) is 1. The predicted octanol–water partition coefficient (Wildman–Crippen LogP) is 1.89. The molecule has 0 aromatic rings. The van der Waals surface area contributed by atoms with Gasteiger partial charge in [-0.3, -0.25) is 4.90 Å². The van der Waals surface area contributed by atoms with Crippen molar-refractivity contribution in [2.24, 2.45) is 0 Å². The van der Waals surface area contributed by atoms with Crippen molar-refractivity contribution in [1.29, 1.82) is 0 Å². The van der Waals surface area contributed by atoms with Crippen molar-refractivity contribution in [3.05, 3.63) is 0 Å². The van der Waals surface area contributed by atoms with Gasteiger partial charge in [0.25, 0.3) is 0 Å². The average Bonchev–Trinajstić information content (AvgIpc) is 2.07.